The molecule has 1 fully saturated rings. The van der Waals surface area contributed by atoms with Crippen LogP contribution in [0.2, 0.25) is 5.15 Å². The van der Waals surface area contributed by atoms with Gasteiger partial charge in [0.1, 0.15) is 11.0 Å². The van der Waals surface area contributed by atoms with Crippen molar-refractivity contribution in [2.75, 3.05) is 44.2 Å². The molecule has 1 saturated heterocycles. The number of halogens is 1. The van der Waals surface area contributed by atoms with E-state index in [-0.39, 0.29) is 5.91 Å². The molecule has 36 heavy (non-hydrogen) atoms. The number of thioether (sulfide) groups is 1. The van der Waals surface area contributed by atoms with Gasteiger partial charge in [-0.1, -0.05) is 84.9 Å². The van der Waals surface area contributed by atoms with Gasteiger partial charge in [0.15, 0.2) is 5.16 Å². The van der Waals surface area contributed by atoms with Gasteiger partial charge in [-0.25, -0.2) is 9.97 Å². The summed E-state index contributed by atoms with van der Waals surface area (Å²) in [6, 6.07) is 19.9. The molecule has 0 spiro atoms. The lowest BCUT2D eigenvalue weighted by Crippen LogP contribution is -2.46. The van der Waals surface area contributed by atoms with Crippen LogP contribution < -0.4 is 10.2 Å². The molecule has 1 aromatic heterocycles. The van der Waals surface area contributed by atoms with Crippen molar-refractivity contribution >= 4 is 41.2 Å². The number of amides is 1. The van der Waals surface area contributed by atoms with Crippen molar-refractivity contribution in [2.45, 2.75) is 24.3 Å². The van der Waals surface area contributed by atoms with Crippen molar-refractivity contribution in [3.63, 3.8) is 0 Å². The molecule has 1 amide bonds. The largest absolute Gasteiger partial charge is 0.354 e. The maximum absolute atomic E-state index is 12.3. The second kappa shape index (κ2) is 13.4. The molecule has 1 aliphatic rings. The molecule has 6 nitrogen and oxygen atoms in total. The molecule has 4 rings (SSSR count). The van der Waals surface area contributed by atoms with Gasteiger partial charge in [-0.05, 0) is 29.7 Å². The van der Waals surface area contributed by atoms with Crippen LogP contribution in [0.15, 0.2) is 71.9 Å². The zero-order valence-electron chi connectivity index (χ0n) is 20.6. The first-order chi connectivity index (χ1) is 17.6. The lowest BCUT2D eigenvalue weighted by molar-refractivity contribution is 0.0953. The number of anilines is 1. The first-order valence-corrected chi connectivity index (χ1v) is 13.7. The van der Waals surface area contributed by atoms with E-state index in [4.69, 9.17) is 16.6 Å². The predicted octanol–water partition coefficient (Wildman–Crippen LogP) is 5.40. The molecule has 2 heterocycles. The van der Waals surface area contributed by atoms with E-state index in [0.717, 1.165) is 50.5 Å². The van der Waals surface area contributed by atoms with E-state index in [1.54, 1.807) is 0 Å². The molecule has 1 N–H and O–H groups in total. The lowest BCUT2D eigenvalue weighted by Gasteiger charge is -2.35. The fraction of sp³-hybridized carbons (Fsp3) is 0.321. The molecule has 2 aromatic carbocycles. The Labute approximate surface area is 222 Å². The first-order valence-electron chi connectivity index (χ1n) is 12.3. The Morgan fingerprint density at radius 1 is 1.06 bits per heavy atom. The number of aromatic nitrogens is 2. The SMILES string of the molecule is CCCNC(=O)c1cccc(CSc2nc(Cl)cc(N3CCN(CC=Cc4ccccc4)CC3)n2)c1. The van der Waals surface area contributed by atoms with Gasteiger partial charge in [0.2, 0.25) is 0 Å². The number of carbonyl (C=O) groups excluding carboxylic acids is 1. The molecule has 0 unspecified atom stereocenters. The van der Waals surface area contributed by atoms with E-state index in [9.17, 15) is 4.79 Å². The minimum atomic E-state index is -0.0420. The maximum atomic E-state index is 12.3. The number of nitrogens with zero attached hydrogens (tertiary/aromatic N) is 4. The van der Waals surface area contributed by atoms with Crippen molar-refractivity contribution in [2.24, 2.45) is 0 Å². The maximum Gasteiger partial charge on any atom is 0.251 e. The summed E-state index contributed by atoms with van der Waals surface area (Å²) >= 11 is 7.89. The predicted molar refractivity (Wildman–Crippen MR) is 150 cm³/mol. The zero-order valence-corrected chi connectivity index (χ0v) is 22.1. The average Bonchev–Trinajstić information content (AvgIpc) is 2.91. The average molecular weight is 522 g/mol. The molecule has 1 aliphatic heterocycles. The highest BCUT2D eigenvalue weighted by Gasteiger charge is 2.19. The van der Waals surface area contributed by atoms with Gasteiger partial charge in [0, 0.05) is 56.7 Å². The molecule has 0 bridgehead atoms. The lowest BCUT2D eigenvalue weighted by atomic mass is 10.1. The standard InChI is InChI=1S/C28H32ClN5OS/c1-2-13-30-27(35)24-12-6-10-23(19-24)21-36-28-31-25(29)20-26(32-28)34-17-15-33(16-18-34)14-7-11-22-8-4-3-5-9-22/h3-12,19-20H,2,13-18,21H2,1H3,(H,30,35). The number of hydrogen-bond acceptors (Lipinski definition) is 6. The van der Waals surface area contributed by atoms with Gasteiger partial charge in [0.05, 0.1) is 0 Å². The van der Waals surface area contributed by atoms with Gasteiger partial charge in [0.25, 0.3) is 5.91 Å². The van der Waals surface area contributed by atoms with Gasteiger partial charge < -0.3 is 10.2 Å². The van der Waals surface area contributed by atoms with Crippen molar-refractivity contribution in [1.82, 2.24) is 20.2 Å². The molecule has 0 aliphatic carbocycles. The second-order valence-corrected chi connectivity index (χ2v) is 10.0. The Hall–Kier alpha value is -2.87. The quantitative estimate of drug-likeness (QED) is 0.219. The fourth-order valence-electron chi connectivity index (χ4n) is 3.96. The first kappa shape index (κ1) is 26.2. The number of rotatable bonds is 10. The van der Waals surface area contributed by atoms with Crippen LogP contribution in [0, 0.1) is 0 Å². The van der Waals surface area contributed by atoms with Crippen LogP contribution in [0.1, 0.15) is 34.8 Å². The summed E-state index contributed by atoms with van der Waals surface area (Å²) in [6.07, 6.45) is 5.31. The van der Waals surface area contributed by atoms with E-state index >= 15 is 0 Å². The zero-order chi connectivity index (χ0) is 25.2. The third-order valence-corrected chi connectivity index (χ3v) is 7.04. The van der Waals surface area contributed by atoms with Crippen molar-refractivity contribution in [3.05, 3.63) is 88.6 Å². The molecule has 8 heteroatoms. The highest BCUT2D eigenvalue weighted by Crippen LogP contribution is 2.25. The highest BCUT2D eigenvalue weighted by atomic mass is 35.5. The van der Waals surface area contributed by atoms with Gasteiger partial charge in [-0.15, -0.1) is 0 Å². The van der Waals surface area contributed by atoms with Crippen LogP contribution in [0.25, 0.3) is 6.08 Å². The molecule has 188 valence electrons. The Morgan fingerprint density at radius 3 is 2.64 bits per heavy atom. The minimum Gasteiger partial charge on any atom is -0.354 e. The van der Waals surface area contributed by atoms with Crippen LogP contribution in [0.3, 0.4) is 0 Å². The smallest absolute Gasteiger partial charge is 0.251 e. The normalized spacial score (nSPS) is 14.3. The van der Waals surface area contributed by atoms with Crippen LogP contribution in [0.5, 0.6) is 0 Å². The summed E-state index contributed by atoms with van der Waals surface area (Å²) in [7, 11) is 0. The number of piperazine rings is 1. The van der Waals surface area contributed by atoms with Gasteiger partial charge in [-0.3, -0.25) is 9.69 Å². The second-order valence-electron chi connectivity index (χ2n) is 8.68. The summed E-state index contributed by atoms with van der Waals surface area (Å²) in [6.45, 7) is 7.37. The Balaban J connectivity index is 1.30. The Morgan fingerprint density at radius 2 is 1.86 bits per heavy atom. The molecule has 0 atom stereocenters. The molecular weight excluding hydrogens is 490 g/mol. The van der Waals surface area contributed by atoms with Crippen LogP contribution >= 0.6 is 23.4 Å². The summed E-state index contributed by atoms with van der Waals surface area (Å²) in [4.78, 5) is 26.2. The van der Waals surface area contributed by atoms with E-state index < -0.39 is 0 Å². The monoisotopic (exact) mass is 521 g/mol. The number of carbonyl (C=O) groups is 1. The van der Waals surface area contributed by atoms with Crippen LogP contribution in [-0.4, -0.2) is 60.0 Å². The number of nitrogens with one attached hydrogen (secondary N) is 1. The van der Waals surface area contributed by atoms with Crippen LogP contribution in [0.4, 0.5) is 5.82 Å². The van der Waals surface area contributed by atoms with Crippen LogP contribution in [-0.2, 0) is 5.75 Å². The summed E-state index contributed by atoms with van der Waals surface area (Å²) in [5.74, 6) is 1.49. The summed E-state index contributed by atoms with van der Waals surface area (Å²) < 4.78 is 0. The topological polar surface area (TPSA) is 61.4 Å². The third-order valence-electron chi connectivity index (χ3n) is 5.92. The molecule has 0 radical (unpaired) electrons. The molecule has 0 saturated carbocycles. The van der Waals surface area contributed by atoms with Gasteiger partial charge in [-0.2, -0.15) is 0 Å². The molecular formula is C28H32ClN5OS. The highest BCUT2D eigenvalue weighted by molar-refractivity contribution is 7.98. The van der Waals surface area contributed by atoms with Gasteiger partial charge >= 0.3 is 0 Å². The third kappa shape index (κ3) is 7.82. The van der Waals surface area contributed by atoms with Crippen molar-refractivity contribution < 1.29 is 4.79 Å². The summed E-state index contributed by atoms with van der Waals surface area (Å²) in [5.41, 5.74) is 2.94. The number of hydrogen-bond donors (Lipinski definition) is 1. The molecule has 3 aromatic rings. The van der Waals surface area contributed by atoms with Crippen molar-refractivity contribution in [1.29, 1.82) is 0 Å². The van der Waals surface area contributed by atoms with E-state index in [2.05, 4.69) is 56.5 Å². The van der Waals surface area contributed by atoms with E-state index in [1.807, 2.05) is 43.3 Å². The van der Waals surface area contributed by atoms with E-state index in [0.29, 0.717) is 28.2 Å². The Bertz CT molecular complexity index is 1170. The van der Waals surface area contributed by atoms with Crippen molar-refractivity contribution in [3.8, 4) is 0 Å². The minimum absolute atomic E-state index is 0.0420. The summed E-state index contributed by atoms with van der Waals surface area (Å²) in [5, 5.41) is 4.01. The Kier molecular flexibility index (Phi) is 9.78. The van der Waals surface area contributed by atoms with E-state index in [1.165, 1.54) is 17.3 Å². The number of benzene rings is 2. The fourth-order valence-corrected chi connectivity index (χ4v) is 4.99.